The zero-order valence-electron chi connectivity index (χ0n) is 9.74. The fraction of sp³-hybridized carbons (Fsp3) is 0.833. The lowest BCUT2D eigenvalue weighted by Crippen LogP contribution is -2.43. The van der Waals surface area contributed by atoms with Crippen molar-refractivity contribution in [3.05, 3.63) is 0 Å². The molecule has 0 radical (unpaired) electrons. The van der Waals surface area contributed by atoms with E-state index in [0.29, 0.717) is 12.8 Å². The molecule has 1 atom stereocenters. The summed E-state index contributed by atoms with van der Waals surface area (Å²) in [5.41, 5.74) is -0.403. The second-order valence-corrected chi connectivity index (χ2v) is 4.98. The Morgan fingerprint density at radius 3 is 2.50 bits per heavy atom. The maximum Gasteiger partial charge on any atom is 0.236 e. The highest BCUT2D eigenvalue weighted by molar-refractivity contribution is 6.06. The van der Waals surface area contributed by atoms with Crippen molar-refractivity contribution in [2.45, 2.75) is 51.5 Å². The van der Waals surface area contributed by atoms with Gasteiger partial charge in [-0.25, -0.2) is 0 Å². The second kappa shape index (κ2) is 4.17. The molecular weight excluding hydrogens is 206 g/mol. The minimum atomic E-state index is -0.403. The summed E-state index contributed by atoms with van der Waals surface area (Å²) in [6.07, 6.45) is 4.77. The lowest BCUT2D eigenvalue weighted by atomic mass is 9.84. The molecule has 0 unspecified atom stereocenters. The molecule has 2 rings (SSSR count). The number of aliphatic hydroxyl groups is 1. The Morgan fingerprint density at radius 1 is 1.38 bits per heavy atom. The summed E-state index contributed by atoms with van der Waals surface area (Å²) in [6, 6.07) is -0.319. The standard InChI is InChI=1S/C12H19NO3/c1-2-9(8-14)13-10(15)7-12(11(13)16)5-3-4-6-12/h9,14H,2-8H2,1H3/t9-/m0/s1. The molecule has 90 valence electrons. The van der Waals surface area contributed by atoms with Crippen LogP contribution in [0.3, 0.4) is 0 Å². The Labute approximate surface area is 95.6 Å². The maximum absolute atomic E-state index is 12.3. The van der Waals surface area contributed by atoms with Crippen LogP contribution in [0.5, 0.6) is 0 Å². The third-order valence-electron chi connectivity index (χ3n) is 4.04. The topological polar surface area (TPSA) is 57.6 Å². The van der Waals surface area contributed by atoms with Crippen LogP contribution < -0.4 is 0 Å². The van der Waals surface area contributed by atoms with Crippen molar-refractivity contribution in [3.63, 3.8) is 0 Å². The Bertz CT molecular complexity index is 303. The number of rotatable bonds is 3. The number of aliphatic hydroxyl groups excluding tert-OH is 1. The van der Waals surface area contributed by atoms with E-state index in [0.717, 1.165) is 25.7 Å². The van der Waals surface area contributed by atoms with Crippen LogP contribution in [-0.4, -0.2) is 34.5 Å². The van der Waals surface area contributed by atoms with Crippen molar-refractivity contribution in [1.29, 1.82) is 0 Å². The van der Waals surface area contributed by atoms with Crippen molar-refractivity contribution in [2.24, 2.45) is 5.41 Å². The molecule has 0 aromatic carbocycles. The third-order valence-corrected chi connectivity index (χ3v) is 4.04. The molecule has 0 aromatic rings. The molecule has 1 aliphatic carbocycles. The summed E-state index contributed by atoms with van der Waals surface area (Å²) in [5.74, 6) is -0.122. The Hall–Kier alpha value is -0.900. The summed E-state index contributed by atoms with van der Waals surface area (Å²) in [7, 11) is 0. The van der Waals surface area contributed by atoms with E-state index in [1.165, 1.54) is 4.90 Å². The smallest absolute Gasteiger partial charge is 0.236 e. The first-order valence-corrected chi connectivity index (χ1v) is 6.12. The minimum absolute atomic E-state index is 0.0316. The van der Waals surface area contributed by atoms with Crippen molar-refractivity contribution >= 4 is 11.8 Å². The van der Waals surface area contributed by atoms with E-state index in [9.17, 15) is 14.7 Å². The second-order valence-electron chi connectivity index (χ2n) is 4.98. The molecule has 2 aliphatic rings. The number of hydrogen-bond donors (Lipinski definition) is 1. The molecule has 0 bridgehead atoms. The molecule has 4 nitrogen and oxygen atoms in total. The van der Waals surface area contributed by atoms with E-state index >= 15 is 0 Å². The van der Waals surface area contributed by atoms with Crippen LogP contribution in [0.15, 0.2) is 0 Å². The number of likely N-dealkylation sites (tertiary alicyclic amines) is 1. The van der Waals surface area contributed by atoms with Crippen LogP contribution in [0.1, 0.15) is 45.4 Å². The predicted molar refractivity (Wildman–Crippen MR) is 58.5 cm³/mol. The van der Waals surface area contributed by atoms with Gasteiger partial charge in [-0.3, -0.25) is 14.5 Å². The van der Waals surface area contributed by atoms with Gasteiger partial charge < -0.3 is 5.11 Å². The van der Waals surface area contributed by atoms with Crippen molar-refractivity contribution < 1.29 is 14.7 Å². The first kappa shape index (κ1) is 11.6. The average molecular weight is 225 g/mol. The molecule has 1 aliphatic heterocycles. The maximum atomic E-state index is 12.3. The SMILES string of the molecule is CC[C@@H](CO)N1C(=O)CC2(CCCC2)C1=O. The molecule has 1 saturated heterocycles. The molecule has 1 heterocycles. The fourth-order valence-corrected chi connectivity index (χ4v) is 3.02. The van der Waals surface area contributed by atoms with Crippen LogP contribution in [0.25, 0.3) is 0 Å². The van der Waals surface area contributed by atoms with E-state index in [4.69, 9.17) is 0 Å². The van der Waals surface area contributed by atoms with Crippen LogP contribution >= 0.6 is 0 Å². The number of carbonyl (C=O) groups is 2. The van der Waals surface area contributed by atoms with Gasteiger partial charge in [0.1, 0.15) is 0 Å². The Kier molecular flexibility index (Phi) is 3.02. The van der Waals surface area contributed by atoms with Crippen molar-refractivity contribution in [1.82, 2.24) is 4.90 Å². The molecule has 2 fully saturated rings. The third kappa shape index (κ3) is 1.56. The first-order chi connectivity index (χ1) is 7.64. The van der Waals surface area contributed by atoms with Gasteiger partial charge in [-0.2, -0.15) is 0 Å². The van der Waals surface area contributed by atoms with Gasteiger partial charge in [0.05, 0.1) is 18.1 Å². The van der Waals surface area contributed by atoms with Crippen LogP contribution in [0.2, 0.25) is 0 Å². The van der Waals surface area contributed by atoms with Crippen molar-refractivity contribution in [3.8, 4) is 0 Å². The van der Waals surface area contributed by atoms with Crippen LogP contribution in [0.4, 0.5) is 0 Å². The van der Waals surface area contributed by atoms with Gasteiger partial charge in [0.2, 0.25) is 11.8 Å². The van der Waals surface area contributed by atoms with Gasteiger partial charge in [0.25, 0.3) is 0 Å². The van der Waals surface area contributed by atoms with Gasteiger partial charge >= 0.3 is 0 Å². The van der Waals surface area contributed by atoms with Crippen molar-refractivity contribution in [2.75, 3.05) is 6.61 Å². The molecule has 1 saturated carbocycles. The summed E-state index contributed by atoms with van der Waals surface area (Å²) in [5, 5.41) is 9.21. The van der Waals surface area contributed by atoms with Crippen LogP contribution in [-0.2, 0) is 9.59 Å². The van der Waals surface area contributed by atoms with E-state index in [-0.39, 0.29) is 24.5 Å². The number of nitrogens with zero attached hydrogens (tertiary/aromatic N) is 1. The van der Waals surface area contributed by atoms with E-state index < -0.39 is 5.41 Å². The Morgan fingerprint density at radius 2 is 2.00 bits per heavy atom. The molecular formula is C12H19NO3. The minimum Gasteiger partial charge on any atom is -0.394 e. The van der Waals surface area contributed by atoms with E-state index in [1.807, 2.05) is 6.92 Å². The van der Waals surface area contributed by atoms with Gasteiger partial charge in [0.15, 0.2) is 0 Å². The molecule has 2 amide bonds. The van der Waals surface area contributed by atoms with E-state index in [2.05, 4.69) is 0 Å². The summed E-state index contributed by atoms with van der Waals surface area (Å²) >= 11 is 0. The summed E-state index contributed by atoms with van der Waals surface area (Å²) < 4.78 is 0. The quantitative estimate of drug-likeness (QED) is 0.731. The molecule has 0 aromatic heterocycles. The van der Waals surface area contributed by atoms with Gasteiger partial charge in [0, 0.05) is 6.42 Å². The first-order valence-electron chi connectivity index (χ1n) is 6.12. The summed E-state index contributed by atoms with van der Waals surface area (Å²) in [4.78, 5) is 25.5. The number of amides is 2. The molecule has 1 spiro atoms. The number of hydrogen-bond acceptors (Lipinski definition) is 3. The average Bonchev–Trinajstić information content (AvgIpc) is 2.81. The fourth-order valence-electron chi connectivity index (χ4n) is 3.02. The predicted octanol–water partition coefficient (Wildman–Crippen LogP) is 1.08. The van der Waals surface area contributed by atoms with E-state index in [1.54, 1.807) is 0 Å². The number of imide groups is 1. The van der Waals surface area contributed by atoms with Crippen LogP contribution in [0, 0.1) is 5.41 Å². The lowest BCUT2D eigenvalue weighted by molar-refractivity contribution is -0.145. The highest BCUT2D eigenvalue weighted by Gasteiger charge is 2.53. The highest BCUT2D eigenvalue weighted by atomic mass is 16.3. The number of carbonyl (C=O) groups excluding carboxylic acids is 2. The zero-order chi connectivity index (χ0) is 11.8. The highest BCUT2D eigenvalue weighted by Crippen LogP contribution is 2.47. The molecule has 4 heteroatoms. The zero-order valence-corrected chi connectivity index (χ0v) is 9.74. The lowest BCUT2D eigenvalue weighted by Gasteiger charge is -2.26. The van der Waals surface area contributed by atoms with Gasteiger partial charge in [-0.05, 0) is 19.3 Å². The largest absolute Gasteiger partial charge is 0.394 e. The molecule has 1 N–H and O–H groups in total. The monoisotopic (exact) mass is 225 g/mol. The summed E-state index contributed by atoms with van der Waals surface area (Å²) in [6.45, 7) is 1.77. The van der Waals surface area contributed by atoms with Gasteiger partial charge in [-0.15, -0.1) is 0 Å². The Balaban J connectivity index is 2.22. The molecule has 16 heavy (non-hydrogen) atoms. The van der Waals surface area contributed by atoms with Gasteiger partial charge in [-0.1, -0.05) is 19.8 Å². The normalized spacial score (nSPS) is 25.8.